The van der Waals surface area contributed by atoms with Gasteiger partial charge in [-0.2, -0.15) is 5.26 Å². The zero-order valence-electron chi connectivity index (χ0n) is 14.0. The number of aliphatic imine (C=N–C) groups is 1. The molecule has 7 heteroatoms. The van der Waals surface area contributed by atoms with Crippen molar-refractivity contribution in [1.82, 2.24) is 15.6 Å². The van der Waals surface area contributed by atoms with E-state index in [0.29, 0.717) is 30.2 Å². The van der Waals surface area contributed by atoms with Gasteiger partial charge in [0.1, 0.15) is 10.8 Å². The zero-order chi connectivity index (χ0) is 17.5. The lowest BCUT2D eigenvalue weighted by Gasteiger charge is -2.10. The summed E-state index contributed by atoms with van der Waals surface area (Å²) in [5, 5.41) is 16.1. The average Bonchev–Trinajstić information content (AvgIpc) is 2.89. The van der Waals surface area contributed by atoms with Crippen LogP contribution < -0.4 is 10.6 Å². The monoisotopic (exact) mass is 345 g/mol. The maximum absolute atomic E-state index is 13.9. The Kier molecular flexibility index (Phi) is 6.27. The molecule has 0 amide bonds. The second-order valence-electron chi connectivity index (χ2n) is 5.22. The Morgan fingerprint density at radius 2 is 2.17 bits per heavy atom. The fourth-order valence-corrected chi connectivity index (χ4v) is 2.90. The van der Waals surface area contributed by atoms with Crippen molar-refractivity contribution in [2.24, 2.45) is 4.99 Å². The van der Waals surface area contributed by atoms with E-state index in [1.54, 1.807) is 23.5 Å². The van der Waals surface area contributed by atoms with Crippen molar-refractivity contribution in [2.45, 2.75) is 33.9 Å². The molecule has 0 aliphatic carbocycles. The molecule has 0 unspecified atom stereocenters. The van der Waals surface area contributed by atoms with E-state index in [4.69, 9.17) is 5.26 Å². The van der Waals surface area contributed by atoms with Gasteiger partial charge in [-0.1, -0.05) is 6.07 Å². The van der Waals surface area contributed by atoms with Gasteiger partial charge < -0.3 is 10.6 Å². The highest BCUT2D eigenvalue weighted by Gasteiger charge is 2.06. The Hall–Kier alpha value is -2.46. The SMILES string of the molecule is CCNC(=NCc1ccc(C#N)cc1F)NCc1nc(C)c(C)s1. The van der Waals surface area contributed by atoms with Crippen LogP contribution in [0.5, 0.6) is 0 Å². The number of aryl methyl sites for hydroxylation is 2. The van der Waals surface area contributed by atoms with Crippen LogP contribution in [0.4, 0.5) is 4.39 Å². The van der Waals surface area contributed by atoms with Gasteiger partial charge in [0.05, 0.1) is 30.4 Å². The standard InChI is InChI=1S/C17H20FN5S/c1-4-20-17(22-10-16-23-11(2)12(3)24-16)21-9-14-6-5-13(8-19)7-15(14)18/h5-7H,4,9-10H2,1-3H3,(H2,20,21,22). The lowest BCUT2D eigenvalue weighted by Crippen LogP contribution is -2.36. The number of nitrogens with one attached hydrogen (secondary N) is 2. The summed E-state index contributed by atoms with van der Waals surface area (Å²) in [4.78, 5) is 10.1. The first-order valence-corrected chi connectivity index (χ1v) is 8.48. The van der Waals surface area contributed by atoms with Gasteiger partial charge in [-0.05, 0) is 32.9 Å². The number of hydrogen-bond acceptors (Lipinski definition) is 4. The molecule has 0 aliphatic heterocycles. The van der Waals surface area contributed by atoms with Crippen LogP contribution in [0.3, 0.4) is 0 Å². The molecule has 126 valence electrons. The van der Waals surface area contributed by atoms with Crippen molar-refractivity contribution in [1.29, 1.82) is 5.26 Å². The van der Waals surface area contributed by atoms with Crippen LogP contribution in [-0.2, 0) is 13.1 Å². The largest absolute Gasteiger partial charge is 0.357 e. The molecule has 0 fully saturated rings. The predicted octanol–water partition coefficient (Wildman–Crippen LogP) is 3.03. The van der Waals surface area contributed by atoms with Crippen LogP contribution in [0.1, 0.15) is 33.6 Å². The van der Waals surface area contributed by atoms with Crippen LogP contribution in [0.25, 0.3) is 0 Å². The van der Waals surface area contributed by atoms with E-state index in [2.05, 4.69) is 20.6 Å². The fraction of sp³-hybridized carbons (Fsp3) is 0.353. The van der Waals surface area contributed by atoms with Crippen LogP contribution in [0, 0.1) is 31.0 Å². The number of aromatic nitrogens is 1. The van der Waals surface area contributed by atoms with Gasteiger partial charge in [0.25, 0.3) is 0 Å². The van der Waals surface area contributed by atoms with Gasteiger partial charge in [0.15, 0.2) is 5.96 Å². The molecule has 2 aromatic rings. The van der Waals surface area contributed by atoms with Crippen LogP contribution >= 0.6 is 11.3 Å². The number of thiazole rings is 1. The topological polar surface area (TPSA) is 73.1 Å². The second-order valence-corrected chi connectivity index (χ2v) is 6.50. The molecule has 0 bridgehead atoms. The van der Waals surface area contributed by atoms with Crippen molar-refractivity contribution in [2.75, 3.05) is 6.54 Å². The van der Waals surface area contributed by atoms with E-state index in [0.717, 1.165) is 10.7 Å². The summed E-state index contributed by atoms with van der Waals surface area (Å²) in [6.45, 7) is 7.48. The highest BCUT2D eigenvalue weighted by atomic mass is 32.1. The molecule has 0 spiro atoms. The van der Waals surface area contributed by atoms with E-state index in [-0.39, 0.29) is 6.54 Å². The van der Waals surface area contributed by atoms with Crippen molar-refractivity contribution in [3.63, 3.8) is 0 Å². The Morgan fingerprint density at radius 3 is 2.75 bits per heavy atom. The van der Waals surface area contributed by atoms with Gasteiger partial charge >= 0.3 is 0 Å². The van der Waals surface area contributed by atoms with Gasteiger partial charge in [0, 0.05) is 17.0 Å². The van der Waals surface area contributed by atoms with Gasteiger partial charge in [-0.15, -0.1) is 11.3 Å². The molecule has 1 heterocycles. The number of rotatable bonds is 5. The zero-order valence-corrected chi connectivity index (χ0v) is 14.8. The number of benzene rings is 1. The van der Waals surface area contributed by atoms with Crippen LogP contribution in [0.2, 0.25) is 0 Å². The highest BCUT2D eigenvalue weighted by Crippen LogP contribution is 2.16. The Labute approximate surface area is 145 Å². The van der Waals surface area contributed by atoms with E-state index in [9.17, 15) is 4.39 Å². The fourth-order valence-electron chi connectivity index (χ4n) is 2.03. The third-order valence-corrected chi connectivity index (χ3v) is 4.49. The van der Waals surface area contributed by atoms with E-state index >= 15 is 0 Å². The number of halogens is 1. The van der Waals surface area contributed by atoms with Crippen LogP contribution in [-0.4, -0.2) is 17.5 Å². The Morgan fingerprint density at radius 1 is 1.38 bits per heavy atom. The van der Waals surface area contributed by atoms with E-state index in [1.807, 2.05) is 26.8 Å². The molecule has 1 aromatic heterocycles. The molecule has 0 aliphatic rings. The minimum absolute atomic E-state index is 0.197. The van der Waals surface area contributed by atoms with Crippen molar-refractivity contribution < 1.29 is 4.39 Å². The number of hydrogen-bond donors (Lipinski definition) is 2. The van der Waals surface area contributed by atoms with Crippen molar-refractivity contribution in [3.8, 4) is 6.07 Å². The first-order chi connectivity index (χ1) is 11.5. The predicted molar refractivity (Wildman–Crippen MR) is 94.4 cm³/mol. The lowest BCUT2D eigenvalue weighted by molar-refractivity contribution is 0.609. The van der Waals surface area contributed by atoms with Gasteiger partial charge in [-0.3, -0.25) is 0 Å². The summed E-state index contributed by atoms with van der Waals surface area (Å²) in [6, 6.07) is 6.33. The molecular formula is C17H20FN5S. The lowest BCUT2D eigenvalue weighted by atomic mass is 10.1. The minimum atomic E-state index is -0.417. The molecule has 24 heavy (non-hydrogen) atoms. The van der Waals surface area contributed by atoms with Crippen molar-refractivity contribution >= 4 is 17.3 Å². The van der Waals surface area contributed by atoms with E-state index < -0.39 is 5.82 Å². The molecule has 0 saturated carbocycles. The molecule has 2 rings (SSSR count). The Balaban J connectivity index is 2.03. The summed E-state index contributed by atoms with van der Waals surface area (Å²) in [7, 11) is 0. The normalized spacial score (nSPS) is 11.2. The molecule has 1 aromatic carbocycles. The third-order valence-electron chi connectivity index (χ3n) is 3.41. The number of guanidine groups is 1. The Bertz CT molecular complexity index is 756. The minimum Gasteiger partial charge on any atom is -0.357 e. The molecule has 0 saturated heterocycles. The number of nitriles is 1. The van der Waals surface area contributed by atoms with E-state index in [1.165, 1.54) is 10.9 Å². The maximum Gasteiger partial charge on any atom is 0.191 e. The van der Waals surface area contributed by atoms with Crippen LogP contribution in [0.15, 0.2) is 23.2 Å². The van der Waals surface area contributed by atoms with Crippen molar-refractivity contribution in [3.05, 3.63) is 50.7 Å². The molecule has 0 radical (unpaired) electrons. The summed E-state index contributed by atoms with van der Waals surface area (Å²) < 4.78 is 13.9. The smallest absolute Gasteiger partial charge is 0.191 e. The van der Waals surface area contributed by atoms with Gasteiger partial charge in [0.2, 0.25) is 0 Å². The molecule has 2 N–H and O–H groups in total. The highest BCUT2D eigenvalue weighted by molar-refractivity contribution is 7.11. The summed E-state index contributed by atoms with van der Waals surface area (Å²) in [5.74, 6) is 0.187. The molecular weight excluding hydrogens is 325 g/mol. The quantitative estimate of drug-likeness (QED) is 0.645. The second kappa shape index (κ2) is 8.41. The average molecular weight is 345 g/mol. The maximum atomic E-state index is 13.9. The summed E-state index contributed by atoms with van der Waals surface area (Å²) in [6.07, 6.45) is 0. The molecule has 5 nitrogen and oxygen atoms in total. The summed E-state index contributed by atoms with van der Waals surface area (Å²) >= 11 is 1.65. The van der Waals surface area contributed by atoms with Gasteiger partial charge in [-0.25, -0.2) is 14.4 Å². The first kappa shape index (κ1) is 17.9. The third kappa shape index (κ3) is 4.77. The number of nitrogens with zero attached hydrogens (tertiary/aromatic N) is 3. The molecule has 0 atom stereocenters. The summed E-state index contributed by atoms with van der Waals surface area (Å²) in [5.41, 5.74) is 1.80. The first-order valence-electron chi connectivity index (χ1n) is 7.67.